The van der Waals surface area contributed by atoms with Crippen molar-refractivity contribution in [3.63, 3.8) is 0 Å². The van der Waals surface area contributed by atoms with Crippen LogP contribution in [0.4, 0.5) is 0 Å². The SMILES string of the molecule is Cc1ccccc1/C=C\c1ccc[nH]1. The van der Waals surface area contributed by atoms with Crippen molar-refractivity contribution in [1.29, 1.82) is 0 Å². The minimum atomic E-state index is 1.13. The first kappa shape index (κ1) is 8.82. The van der Waals surface area contributed by atoms with Crippen molar-refractivity contribution in [3.05, 3.63) is 59.4 Å². The zero-order valence-electron chi connectivity index (χ0n) is 8.20. The summed E-state index contributed by atoms with van der Waals surface area (Å²) in [4.78, 5) is 3.14. The Balaban J connectivity index is 2.23. The Kier molecular flexibility index (Phi) is 2.50. The van der Waals surface area contributed by atoms with Gasteiger partial charge in [0.05, 0.1) is 0 Å². The third kappa shape index (κ3) is 1.94. The molecule has 1 aromatic carbocycles. The van der Waals surface area contributed by atoms with E-state index < -0.39 is 0 Å². The van der Waals surface area contributed by atoms with Crippen molar-refractivity contribution < 1.29 is 0 Å². The summed E-state index contributed by atoms with van der Waals surface area (Å²) < 4.78 is 0. The van der Waals surface area contributed by atoms with Gasteiger partial charge in [0.2, 0.25) is 0 Å². The smallest absolute Gasteiger partial charge is 0.0380 e. The average Bonchev–Trinajstić information content (AvgIpc) is 2.69. The van der Waals surface area contributed by atoms with Gasteiger partial charge in [0.25, 0.3) is 0 Å². The first-order valence-electron chi connectivity index (χ1n) is 4.73. The highest BCUT2D eigenvalue weighted by Gasteiger charge is 1.91. The Bertz CT molecular complexity index is 424. The molecule has 1 aromatic heterocycles. The molecule has 0 bridgehead atoms. The fourth-order valence-electron chi connectivity index (χ4n) is 1.40. The molecule has 14 heavy (non-hydrogen) atoms. The van der Waals surface area contributed by atoms with E-state index in [4.69, 9.17) is 0 Å². The van der Waals surface area contributed by atoms with E-state index in [1.807, 2.05) is 12.3 Å². The van der Waals surface area contributed by atoms with Crippen LogP contribution < -0.4 is 0 Å². The van der Waals surface area contributed by atoms with Crippen molar-refractivity contribution in [1.82, 2.24) is 4.98 Å². The van der Waals surface area contributed by atoms with E-state index in [9.17, 15) is 0 Å². The van der Waals surface area contributed by atoms with Gasteiger partial charge in [-0.3, -0.25) is 0 Å². The van der Waals surface area contributed by atoms with Gasteiger partial charge in [0, 0.05) is 11.9 Å². The van der Waals surface area contributed by atoms with Gasteiger partial charge < -0.3 is 4.98 Å². The fourth-order valence-corrected chi connectivity index (χ4v) is 1.40. The maximum Gasteiger partial charge on any atom is 0.0380 e. The van der Waals surface area contributed by atoms with Crippen LogP contribution in [-0.4, -0.2) is 4.98 Å². The third-order valence-electron chi connectivity index (χ3n) is 2.25. The lowest BCUT2D eigenvalue weighted by Gasteiger charge is -1.97. The van der Waals surface area contributed by atoms with Gasteiger partial charge in [-0.05, 0) is 36.3 Å². The van der Waals surface area contributed by atoms with Crippen LogP contribution in [0.5, 0.6) is 0 Å². The molecule has 0 saturated carbocycles. The topological polar surface area (TPSA) is 15.8 Å². The van der Waals surface area contributed by atoms with Crippen LogP contribution in [0.2, 0.25) is 0 Å². The minimum Gasteiger partial charge on any atom is -0.362 e. The molecule has 1 heterocycles. The van der Waals surface area contributed by atoms with Gasteiger partial charge in [0.15, 0.2) is 0 Å². The maximum atomic E-state index is 3.14. The summed E-state index contributed by atoms with van der Waals surface area (Å²) >= 11 is 0. The van der Waals surface area contributed by atoms with Crippen molar-refractivity contribution in [2.24, 2.45) is 0 Å². The molecule has 70 valence electrons. The Morgan fingerprint density at radius 3 is 2.57 bits per heavy atom. The van der Waals surface area contributed by atoms with Gasteiger partial charge in [-0.15, -0.1) is 0 Å². The Morgan fingerprint density at radius 2 is 1.86 bits per heavy atom. The number of benzene rings is 1. The van der Waals surface area contributed by atoms with Crippen LogP contribution in [0.25, 0.3) is 12.2 Å². The number of hydrogen-bond acceptors (Lipinski definition) is 0. The molecule has 0 saturated heterocycles. The van der Waals surface area contributed by atoms with Crippen molar-refractivity contribution in [2.45, 2.75) is 6.92 Å². The molecular formula is C13H13N. The second-order valence-corrected chi connectivity index (χ2v) is 3.32. The second-order valence-electron chi connectivity index (χ2n) is 3.32. The molecule has 1 N–H and O–H groups in total. The normalized spacial score (nSPS) is 10.9. The van der Waals surface area contributed by atoms with E-state index in [2.05, 4.69) is 54.4 Å². The average molecular weight is 183 g/mol. The van der Waals surface area contributed by atoms with Gasteiger partial charge in [-0.25, -0.2) is 0 Å². The van der Waals surface area contributed by atoms with Gasteiger partial charge in [-0.1, -0.05) is 30.3 Å². The summed E-state index contributed by atoms with van der Waals surface area (Å²) in [6.45, 7) is 2.12. The number of rotatable bonds is 2. The summed E-state index contributed by atoms with van der Waals surface area (Å²) in [6, 6.07) is 12.4. The molecule has 0 aliphatic rings. The lowest BCUT2D eigenvalue weighted by atomic mass is 10.1. The van der Waals surface area contributed by atoms with Gasteiger partial charge >= 0.3 is 0 Å². The Hall–Kier alpha value is -1.76. The number of aromatic nitrogens is 1. The molecule has 0 spiro atoms. The van der Waals surface area contributed by atoms with Crippen LogP contribution in [0.15, 0.2) is 42.6 Å². The summed E-state index contributed by atoms with van der Waals surface area (Å²) in [7, 11) is 0. The predicted molar refractivity (Wildman–Crippen MR) is 60.9 cm³/mol. The second kappa shape index (κ2) is 3.97. The van der Waals surface area contributed by atoms with Crippen LogP contribution in [-0.2, 0) is 0 Å². The van der Waals surface area contributed by atoms with E-state index in [0.29, 0.717) is 0 Å². The summed E-state index contributed by atoms with van der Waals surface area (Å²) in [5, 5.41) is 0. The van der Waals surface area contributed by atoms with E-state index in [-0.39, 0.29) is 0 Å². The summed E-state index contributed by atoms with van der Waals surface area (Å²) in [6.07, 6.45) is 6.14. The van der Waals surface area contributed by atoms with Gasteiger partial charge in [-0.2, -0.15) is 0 Å². The van der Waals surface area contributed by atoms with Crippen LogP contribution in [0.1, 0.15) is 16.8 Å². The fraction of sp³-hybridized carbons (Fsp3) is 0.0769. The molecule has 0 atom stereocenters. The first-order valence-corrected chi connectivity index (χ1v) is 4.73. The molecular weight excluding hydrogens is 170 g/mol. The highest BCUT2D eigenvalue weighted by atomic mass is 14.7. The molecule has 0 unspecified atom stereocenters. The van der Waals surface area contributed by atoms with Crippen molar-refractivity contribution >= 4 is 12.2 Å². The van der Waals surface area contributed by atoms with E-state index in [1.165, 1.54) is 11.1 Å². The monoisotopic (exact) mass is 183 g/mol. The van der Waals surface area contributed by atoms with Crippen molar-refractivity contribution in [3.8, 4) is 0 Å². The molecule has 0 aliphatic heterocycles. The molecule has 0 aliphatic carbocycles. The Morgan fingerprint density at radius 1 is 1.00 bits per heavy atom. The maximum absolute atomic E-state index is 3.14. The van der Waals surface area contributed by atoms with Crippen LogP contribution >= 0.6 is 0 Å². The number of hydrogen-bond donors (Lipinski definition) is 1. The summed E-state index contributed by atoms with van der Waals surface area (Å²) in [5.74, 6) is 0. The van der Waals surface area contributed by atoms with Crippen LogP contribution in [0, 0.1) is 6.92 Å². The van der Waals surface area contributed by atoms with E-state index in [0.717, 1.165) is 5.69 Å². The van der Waals surface area contributed by atoms with Crippen molar-refractivity contribution in [2.75, 3.05) is 0 Å². The highest BCUT2D eigenvalue weighted by Crippen LogP contribution is 2.10. The lowest BCUT2D eigenvalue weighted by Crippen LogP contribution is -1.77. The largest absolute Gasteiger partial charge is 0.362 e. The molecule has 0 amide bonds. The molecule has 1 heteroatoms. The Labute approximate surface area is 84.1 Å². The highest BCUT2D eigenvalue weighted by molar-refractivity contribution is 5.69. The first-order chi connectivity index (χ1) is 6.86. The van der Waals surface area contributed by atoms with Crippen LogP contribution in [0.3, 0.4) is 0 Å². The zero-order chi connectivity index (χ0) is 9.80. The zero-order valence-corrected chi connectivity index (χ0v) is 8.20. The number of H-pyrrole nitrogens is 1. The minimum absolute atomic E-state index is 1.13. The third-order valence-corrected chi connectivity index (χ3v) is 2.25. The standard InChI is InChI=1S/C13H13N/c1-11-5-2-3-6-12(11)8-9-13-7-4-10-14-13/h2-10,14H,1H3/b9-8-. The molecule has 2 aromatic rings. The lowest BCUT2D eigenvalue weighted by molar-refractivity contribution is 1.38. The van der Waals surface area contributed by atoms with E-state index >= 15 is 0 Å². The number of aromatic amines is 1. The molecule has 0 radical (unpaired) electrons. The van der Waals surface area contributed by atoms with Gasteiger partial charge in [0.1, 0.15) is 0 Å². The van der Waals surface area contributed by atoms with E-state index in [1.54, 1.807) is 0 Å². The molecule has 1 nitrogen and oxygen atoms in total. The number of nitrogens with one attached hydrogen (secondary N) is 1. The summed E-state index contributed by atoms with van der Waals surface area (Å²) in [5.41, 5.74) is 3.70. The quantitative estimate of drug-likeness (QED) is 0.733. The number of aryl methyl sites for hydroxylation is 1. The molecule has 2 rings (SSSR count). The predicted octanol–water partition coefficient (Wildman–Crippen LogP) is 3.49. The molecule has 0 fully saturated rings.